The zero-order chi connectivity index (χ0) is 15.4. The van der Waals surface area contributed by atoms with E-state index >= 15 is 0 Å². The molecule has 22 heavy (non-hydrogen) atoms. The van der Waals surface area contributed by atoms with Gasteiger partial charge in [0.15, 0.2) is 11.5 Å². The SMILES string of the molecule is CCCNC(=O)c1ccc(-c2cnno2)cc1-c1cnno1. The molecule has 0 saturated heterocycles. The highest BCUT2D eigenvalue weighted by molar-refractivity contribution is 6.01. The molecule has 112 valence electrons. The molecule has 0 aliphatic heterocycles. The molecule has 0 aliphatic rings. The molecule has 0 atom stereocenters. The van der Waals surface area contributed by atoms with Gasteiger partial charge in [0.05, 0.1) is 18.0 Å². The van der Waals surface area contributed by atoms with E-state index in [1.54, 1.807) is 18.2 Å². The van der Waals surface area contributed by atoms with E-state index in [2.05, 4.69) is 26.1 Å². The van der Waals surface area contributed by atoms with E-state index in [0.29, 0.717) is 29.2 Å². The molecule has 8 nitrogen and oxygen atoms in total. The van der Waals surface area contributed by atoms with E-state index in [1.807, 2.05) is 6.92 Å². The number of benzene rings is 1. The number of rotatable bonds is 5. The summed E-state index contributed by atoms with van der Waals surface area (Å²) in [7, 11) is 0. The van der Waals surface area contributed by atoms with Crippen LogP contribution in [0.15, 0.2) is 39.6 Å². The van der Waals surface area contributed by atoms with Crippen LogP contribution in [0.25, 0.3) is 22.6 Å². The lowest BCUT2D eigenvalue weighted by molar-refractivity contribution is 0.0954. The first kappa shape index (κ1) is 13.9. The minimum absolute atomic E-state index is 0.185. The van der Waals surface area contributed by atoms with E-state index in [0.717, 1.165) is 12.0 Å². The van der Waals surface area contributed by atoms with Crippen molar-refractivity contribution in [3.05, 3.63) is 36.2 Å². The Kier molecular flexibility index (Phi) is 3.90. The normalized spacial score (nSPS) is 10.6. The van der Waals surface area contributed by atoms with Crippen molar-refractivity contribution in [3.8, 4) is 22.6 Å². The third-order valence-corrected chi connectivity index (χ3v) is 3.07. The van der Waals surface area contributed by atoms with Crippen LogP contribution in [0.1, 0.15) is 23.7 Å². The number of carbonyl (C=O) groups excluding carboxylic acids is 1. The highest BCUT2D eigenvalue weighted by Gasteiger charge is 2.17. The second-order valence-corrected chi connectivity index (χ2v) is 4.58. The lowest BCUT2D eigenvalue weighted by Gasteiger charge is -2.08. The number of hydrogen-bond acceptors (Lipinski definition) is 7. The largest absolute Gasteiger partial charge is 0.352 e. The summed E-state index contributed by atoms with van der Waals surface area (Å²) in [6, 6.07) is 5.21. The zero-order valence-electron chi connectivity index (χ0n) is 11.8. The number of nitrogens with one attached hydrogen (secondary N) is 1. The van der Waals surface area contributed by atoms with Gasteiger partial charge in [-0.2, -0.15) is 0 Å². The van der Waals surface area contributed by atoms with Gasteiger partial charge in [0.2, 0.25) is 0 Å². The highest BCUT2D eigenvalue weighted by Crippen LogP contribution is 2.28. The first-order valence-electron chi connectivity index (χ1n) is 6.77. The highest BCUT2D eigenvalue weighted by atomic mass is 16.5. The Bertz CT molecular complexity index is 753. The van der Waals surface area contributed by atoms with Crippen LogP contribution in [0.4, 0.5) is 0 Å². The van der Waals surface area contributed by atoms with Crippen molar-refractivity contribution in [2.24, 2.45) is 0 Å². The average molecular weight is 299 g/mol. The van der Waals surface area contributed by atoms with Crippen molar-refractivity contribution in [1.82, 2.24) is 26.1 Å². The van der Waals surface area contributed by atoms with Crippen LogP contribution >= 0.6 is 0 Å². The molecular formula is C14H13N5O3. The number of aromatic nitrogens is 4. The molecule has 0 unspecified atom stereocenters. The Labute approximate surface area is 125 Å². The summed E-state index contributed by atoms with van der Waals surface area (Å²) in [6.07, 6.45) is 3.80. The summed E-state index contributed by atoms with van der Waals surface area (Å²) in [4.78, 5) is 12.3. The van der Waals surface area contributed by atoms with Gasteiger partial charge in [-0.1, -0.05) is 13.0 Å². The van der Waals surface area contributed by atoms with Gasteiger partial charge < -0.3 is 14.4 Å². The summed E-state index contributed by atoms with van der Waals surface area (Å²) in [5.41, 5.74) is 1.78. The smallest absolute Gasteiger partial charge is 0.252 e. The quantitative estimate of drug-likeness (QED) is 0.766. The molecular weight excluding hydrogens is 286 g/mol. The summed E-state index contributed by atoms with van der Waals surface area (Å²) in [6.45, 7) is 2.59. The number of nitrogens with zero attached hydrogens (tertiary/aromatic N) is 4. The lowest BCUT2D eigenvalue weighted by Crippen LogP contribution is -2.24. The van der Waals surface area contributed by atoms with Crippen molar-refractivity contribution in [1.29, 1.82) is 0 Å². The Morgan fingerprint density at radius 3 is 2.50 bits per heavy atom. The van der Waals surface area contributed by atoms with Gasteiger partial charge in [-0.3, -0.25) is 4.79 Å². The summed E-state index contributed by atoms with van der Waals surface area (Å²) >= 11 is 0. The maximum absolute atomic E-state index is 12.3. The molecule has 3 rings (SSSR count). The van der Waals surface area contributed by atoms with Gasteiger partial charge in [-0.15, -0.1) is 10.2 Å². The zero-order valence-corrected chi connectivity index (χ0v) is 11.8. The standard InChI is InChI=1S/C14H13N5O3/c1-2-5-15-14(20)10-4-3-9(12-7-16-18-21-12)6-11(10)13-8-17-19-22-13/h3-4,6-8H,2,5H2,1H3,(H,15,20). The fourth-order valence-corrected chi connectivity index (χ4v) is 2.01. The van der Waals surface area contributed by atoms with Crippen molar-refractivity contribution in [3.63, 3.8) is 0 Å². The predicted octanol–water partition coefficient (Wildman–Crippen LogP) is 1.93. The average Bonchev–Trinajstić information content (AvgIpc) is 3.24. The first-order chi connectivity index (χ1) is 10.8. The van der Waals surface area contributed by atoms with Gasteiger partial charge in [0.1, 0.15) is 0 Å². The fraction of sp³-hybridized carbons (Fsp3) is 0.214. The van der Waals surface area contributed by atoms with E-state index in [4.69, 9.17) is 9.05 Å². The van der Waals surface area contributed by atoms with E-state index in [1.165, 1.54) is 12.4 Å². The summed E-state index contributed by atoms with van der Waals surface area (Å²) in [5, 5.41) is 17.0. The molecule has 3 aromatic rings. The van der Waals surface area contributed by atoms with Gasteiger partial charge in [-0.25, -0.2) is 0 Å². The monoisotopic (exact) mass is 299 g/mol. The molecule has 0 radical (unpaired) electrons. The van der Waals surface area contributed by atoms with E-state index in [-0.39, 0.29) is 5.91 Å². The second-order valence-electron chi connectivity index (χ2n) is 4.58. The summed E-state index contributed by atoms with van der Waals surface area (Å²) < 4.78 is 10.1. The molecule has 1 N–H and O–H groups in total. The Hall–Kier alpha value is -3.03. The molecule has 0 fully saturated rings. The maximum atomic E-state index is 12.3. The van der Waals surface area contributed by atoms with E-state index in [9.17, 15) is 4.79 Å². The van der Waals surface area contributed by atoms with Gasteiger partial charge >= 0.3 is 0 Å². The van der Waals surface area contributed by atoms with Gasteiger partial charge in [0.25, 0.3) is 5.91 Å². The topological polar surface area (TPSA) is 107 Å². The third-order valence-electron chi connectivity index (χ3n) is 3.07. The maximum Gasteiger partial charge on any atom is 0.252 e. The lowest BCUT2D eigenvalue weighted by atomic mass is 10.0. The third kappa shape index (κ3) is 2.71. The molecule has 1 amide bonds. The molecule has 0 spiro atoms. The van der Waals surface area contributed by atoms with Crippen molar-refractivity contribution >= 4 is 5.91 Å². The molecule has 0 saturated carbocycles. The van der Waals surface area contributed by atoms with Gasteiger partial charge in [0, 0.05) is 28.2 Å². The first-order valence-corrected chi connectivity index (χ1v) is 6.77. The predicted molar refractivity (Wildman–Crippen MR) is 75.7 cm³/mol. The van der Waals surface area contributed by atoms with Crippen LogP contribution in [0.5, 0.6) is 0 Å². The molecule has 8 heteroatoms. The Morgan fingerprint density at radius 2 is 1.86 bits per heavy atom. The van der Waals surface area contributed by atoms with Crippen LogP contribution in [0, 0.1) is 0 Å². The van der Waals surface area contributed by atoms with E-state index < -0.39 is 0 Å². The summed E-state index contributed by atoms with van der Waals surface area (Å²) in [5.74, 6) is 0.709. The number of amides is 1. The molecule has 2 heterocycles. The van der Waals surface area contributed by atoms with Crippen LogP contribution in [-0.4, -0.2) is 33.2 Å². The number of carbonyl (C=O) groups is 1. The molecule has 0 aliphatic carbocycles. The van der Waals surface area contributed by atoms with Crippen molar-refractivity contribution in [2.45, 2.75) is 13.3 Å². The van der Waals surface area contributed by atoms with Crippen LogP contribution in [-0.2, 0) is 0 Å². The van der Waals surface area contributed by atoms with Crippen LogP contribution in [0.3, 0.4) is 0 Å². The fourth-order valence-electron chi connectivity index (χ4n) is 2.01. The minimum Gasteiger partial charge on any atom is -0.352 e. The molecule has 2 aromatic heterocycles. The minimum atomic E-state index is -0.185. The Morgan fingerprint density at radius 1 is 1.14 bits per heavy atom. The van der Waals surface area contributed by atoms with Crippen LogP contribution in [0.2, 0.25) is 0 Å². The molecule has 0 bridgehead atoms. The van der Waals surface area contributed by atoms with Gasteiger partial charge in [-0.05, 0) is 18.6 Å². The van der Waals surface area contributed by atoms with Crippen molar-refractivity contribution < 1.29 is 13.8 Å². The number of hydrogen-bond donors (Lipinski definition) is 1. The second kappa shape index (κ2) is 6.17. The van der Waals surface area contributed by atoms with Crippen LogP contribution < -0.4 is 5.32 Å². The molecule has 1 aromatic carbocycles. The Balaban J connectivity index is 2.04. The van der Waals surface area contributed by atoms with Crippen molar-refractivity contribution in [2.75, 3.05) is 6.54 Å².